The lowest BCUT2D eigenvalue weighted by Gasteiger charge is -2.23. The van der Waals surface area contributed by atoms with Crippen LogP contribution in [0.2, 0.25) is 5.02 Å². The van der Waals surface area contributed by atoms with Crippen LogP contribution in [0.5, 0.6) is 0 Å². The first-order chi connectivity index (χ1) is 13.8. The molecule has 1 unspecified atom stereocenters. The van der Waals surface area contributed by atoms with Gasteiger partial charge >= 0.3 is 6.18 Å². The molecule has 29 heavy (non-hydrogen) atoms. The van der Waals surface area contributed by atoms with Gasteiger partial charge in [0.25, 0.3) is 0 Å². The molecule has 0 amide bonds. The van der Waals surface area contributed by atoms with Crippen LogP contribution in [-0.4, -0.2) is 18.1 Å². The highest BCUT2D eigenvalue weighted by molar-refractivity contribution is 7.98. The fourth-order valence-electron chi connectivity index (χ4n) is 3.30. The Balaban J connectivity index is 1.45. The van der Waals surface area contributed by atoms with E-state index in [-0.39, 0.29) is 11.7 Å². The molecule has 0 heterocycles. The molecular weight excluding hydrogens is 419 g/mol. The quantitative estimate of drug-likeness (QED) is 0.520. The summed E-state index contributed by atoms with van der Waals surface area (Å²) < 4.78 is 38.3. The van der Waals surface area contributed by atoms with Crippen LogP contribution >= 0.6 is 23.4 Å². The van der Waals surface area contributed by atoms with E-state index in [2.05, 4.69) is 5.32 Å². The van der Waals surface area contributed by atoms with E-state index >= 15 is 0 Å². The van der Waals surface area contributed by atoms with Gasteiger partial charge in [-0.3, -0.25) is 4.79 Å². The summed E-state index contributed by atoms with van der Waals surface area (Å²) in [6.07, 6.45) is -1.42. The van der Waals surface area contributed by atoms with Crippen molar-refractivity contribution in [2.75, 3.05) is 12.3 Å². The second kappa shape index (κ2) is 9.72. The molecule has 1 atom stereocenters. The lowest BCUT2D eigenvalue weighted by molar-refractivity contribution is -0.137. The topological polar surface area (TPSA) is 29.1 Å². The van der Waals surface area contributed by atoms with Gasteiger partial charge < -0.3 is 5.32 Å². The monoisotopic (exact) mass is 439 g/mol. The summed E-state index contributed by atoms with van der Waals surface area (Å²) in [5.74, 6) is 1.46. The number of thioether (sulfide) groups is 1. The normalized spacial score (nSPS) is 17.2. The average molecular weight is 440 g/mol. The maximum atomic E-state index is 12.8. The molecule has 1 N–H and O–H groups in total. The molecule has 1 aliphatic rings. The average Bonchev–Trinajstić information content (AvgIpc) is 2.67. The SMILES string of the molecule is O=C1C=C(NCCSCc2cccc(C(F)(F)F)c2)CC(c2ccc(Cl)cc2)C1. The maximum Gasteiger partial charge on any atom is 0.416 e. The van der Waals surface area contributed by atoms with E-state index < -0.39 is 11.7 Å². The zero-order chi connectivity index (χ0) is 20.9. The first kappa shape index (κ1) is 21.8. The molecule has 1 aliphatic carbocycles. The summed E-state index contributed by atoms with van der Waals surface area (Å²) in [5.41, 5.74) is 2.03. The number of carbonyl (C=O) groups excluding carboxylic acids is 1. The number of alkyl halides is 3. The van der Waals surface area contributed by atoms with Crippen LogP contribution in [0.4, 0.5) is 13.2 Å². The molecule has 0 saturated heterocycles. The minimum atomic E-state index is -4.32. The highest BCUT2D eigenvalue weighted by Gasteiger charge is 2.30. The van der Waals surface area contributed by atoms with Crippen molar-refractivity contribution in [2.45, 2.75) is 30.7 Å². The predicted octanol–water partition coefficient (Wildman–Crippen LogP) is 6.21. The van der Waals surface area contributed by atoms with Crippen molar-refractivity contribution < 1.29 is 18.0 Å². The number of benzene rings is 2. The summed E-state index contributed by atoms with van der Waals surface area (Å²) >= 11 is 7.49. The van der Waals surface area contributed by atoms with Crippen LogP contribution in [0.25, 0.3) is 0 Å². The highest BCUT2D eigenvalue weighted by Crippen LogP contribution is 2.32. The van der Waals surface area contributed by atoms with Gasteiger partial charge in [-0.25, -0.2) is 0 Å². The van der Waals surface area contributed by atoms with Crippen LogP contribution in [-0.2, 0) is 16.7 Å². The van der Waals surface area contributed by atoms with Gasteiger partial charge in [-0.05, 0) is 41.7 Å². The van der Waals surface area contributed by atoms with Crippen LogP contribution in [0.1, 0.15) is 35.4 Å². The maximum absolute atomic E-state index is 12.8. The van der Waals surface area contributed by atoms with E-state index in [1.165, 1.54) is 12.1 Å². The minimum Gasteiger partial charge on any atom is -0.387 e. The second-order valence-corrected chi connectivity index (χ2v) is 8.51. The van der Waals surface area contributed by atoms with E-state index in [0.29, 0.717) is 29.3 Å². The molecular formula is C22H21ClF3NOS. The van der Waals surface area contributed by atoms with Crippen molar-refractivity contribution in [3.63, 3.8) is 0 Å². The Morgan fingerprint density at radius 1 is 1.10 bits per heavy atom. The Hall–Kier alpha value is -1.92. The van der Waals surface area contributed by atoms with E-state index in [1.54, 1.807) is 23.9 Å². The van der Waals surface area contributed by atoms with E-state index in [0.717, 1.165) is 29.5 Å². The lowest BCUT2D eigenvalue weighted by Crippen LogP contribution is -2.23. The Bertz CT molecular complexity index is 880. The Morgan fingerprint density at radius 2 is 1.86 bits per heavy atom. The number of allylic oxidation sites excluding steroid dienone is 2. The molecule has 2 aromatic rings. The van der Waals surface area contributed by atoms with Crippen molar-refractivity contribution in [1.29, 1.82) is 0 Å². The van der Waals surface area contributed by atoms with Crippen LogP contribution in [0.3, 0.4) is 0 Å². The van der Waals surface area contributed by atoms with E-state index in [9.17, 15) is 18.0 Å². The number of carbonyl (C=O) groups is 1. The van der Waals surface area contributed by atoms with Crippen LogP contribution in [0, 0.1) is 0 Å². The molecule has 7 heteroatoms. The standard InChI is InChI=1S/C22H21ClF3NOS/c23-19-6-4-16(5-7-19)17-11-20(13-21(28)12-17)27-8-9-29-14-15-2-1-3-18(10-15)22(24,25)26/h1-7,10,13,17,27H,8-9,11-12,14H2. The van der Waals surface area contributed by atoms with E-state index in [1.807, 2.05) is 24.3 Å². The summed E-state index contributed by atoms with van der Waals surface area (Å²) in [6, 6.07) is 13.0. The number of hydrogen-bond donors (Lipinski definition) is 1. The molecule has 154 valence electrons. The van der Waals surface area contributed by atoms with Crippen LogP contribution < -0.4 is 5.32 Å². The van der Waals surface area contributed by atoms with Gasteiger partial charge in [0.1, 0.15) is 0 Å². The number of rotatable bonds is 7. The van der Waals surface area contributed by atoms with Gasteiger partial charge in [0.2, 0.25) is 0 Å². The van der Waals surface area contributed by atoms with E-state index in [4.69, 9.17) is 11.6 Å². The third-order valence-corrected chi connectivity index (χ3v) is 5.99. The van der Waals surface area contributed by atoms with Gasteiger partial charge in [-0.2, -0.15) is 24.9 Å². The summed E-state index contributed by atoms with van der Waals surface area (Å²) in [6.45, 7) is 0.649. The molecule has 0 spiro atoms. The zero-order valence-corrected chi connectivity index (χ0v) is 17.2. The van der Waals surface area contributed by atoms with Crippen molar-refractivity contribution in [1.82, 2.24) is 5.32 Å². The fraction of sp³-hybridized carbons (Fsp3) is 0.318. The zero-order valence-electron chi connectivity index (χ0n) is 15.6. The van der Waals surface area contributed by atoms with Gasteiger partial charge in [0.05, 0.1) is 5.56 Å². The Kier molecular flexibility index (Phi) is 7.30. The molecule has 0 bridgehead atoms. The first-order valence-electron chi connectivity index (χ1n) is 9.28. The summed E-state index contributed by atoms with van der Waals surface area (Å²) in [5, 5.41) is 3.97. The molecule has 0 aliphatic heterocycles. The third-order valence-electron chi connectivity index (χ3n) is 4.71. The van der Waals surface area contributed by atoms with Crippen molar-refractivity contribution in [2.24, 2.45) is 0 Å². The molecule has 2 nitrogen and oxygen atoms in total. The van der Waals surface area contributed by atoms with Crippen molar-refractivity contribution in [3.8, 4) is 0 Å². The van der Waals surface area contributed by atoms with Gasteiger partial charge in [0.15, 0.2) is 5.78 Å². The number of hydrogen-bond acceptors (Lipinski definition) is 3. The largest absolute Gasteiger partial charge is 0.416 e. The van der Waals surface area contributed by atoms with Crippen LogP contribution in [0.15, 0.2) is 60.3 Å². The molecule has 2 aromatic carbocycles. The van der Waals surface area contributed by atoms with Crippen molar-refractivity contribution in [3.05, 3.63) is 82.0 Å². The Morgan fingerprint density at radius 3 is 2.59 bits per heavy atom. The molecule has 0 fully saturated rings. The van der Waals surface area contributed by atoms with Gasteiger partial charge in [-0.15, -0.1) is 0 Å². The predicted molar refractivity (Wildman–Crippen MR) is 112 cm³/mol. The minimum absolute atomic E-state index is 0.0929. The van der Waals surface area contributed by atoms with Gasteiger partial charge in [0, 0.05) is 41.3 Å². The Labute approximate surface area is 177 Å². The number of halogens is 4. The molecule has 0 radical (unpaired) electrons. The number of ketones is 1. The smallest absolute Gasteiger partial charge is 0.387 e. The summed E-state index contributed by atoms with van der Waals surface area (Å²) in [4.78, 5) is 12.1. The third kappa shape index (κ3) is 6.54. The molecule has 3 rings (SSSR count). The summed E-state index contributed by atoms with van der Waals surface area (Å²) in [7, 11) is 0. The second-order valence-electron chi connectivity index (χ2n) is 6.97. The fourth-order valence-corrected chi connectivity index (χ4v) is 4.23. The van der Waals surface area contributed by atoms with Crippen molar-refractivity contribution >= 4 is 29.1 Å². The molecule has 0 saturated carbocycles. The number of nitrogens with one attached hydrogen (secondary N) is 1. The first-order valence-corrected chi connectivity index (χ1v) is 10.8. The van der Waals surface area contributed by atoms with Gasteiger partial charge in [-0.1, -0.05) is 41.9 Å². The lowest BCUT2D eigenvalue weighted by atomic mass is 9.85. The highest BCUT2D eigenvalue weighted by atomic mass is 35.5. The molecule has 0 aromatic heterocycles.